The van der Waals surface area contributed by atoms with Crippen LogP contribution in [0, 0.1) is 5.92 Å². The third-order valence-electron chi connectivity index (χ3n) is 3.22. The number of phenolic OH excluding ortho intramolecular Hbond substituents is 1. The highest BCUT2D eigenvalue weighted by molar-refractivity contribution is 5.90. The van der Waals surface area contributed by atoms with Crippen molar-refractivity contribution in [3.8, 4) is 5.75 Å². The van der Waals surface area contributed by atoms with E-state index in [1.807, 2.05) is 6.92 Å². The maximum absolute atomic E-state index is 11.8. The van der Waals surface area contributed by atoms with Gasteiger partial charge in [-0.1, -0.05) is 0 Å². The number of aromatic hydroxyl groups is 1. The molecule has 1 aliphatic rings. The first-order chi connectivity index (χ1) is 8.67. The van der Waals surface area contributed by atoms with Gasteiger partial charge in [-0.15, -0.1) is 0 Å². The number of nitrogens with one attached hydrogen (secondary N) is 1. The molecule has 2 N–H and O–H groups in total. The van der Waals surface area contributed by atoms with E-state index < -0.39 is 0 Å². The van der Waals surface area contributed by atoms with Crippen LogP contribution >= 0.6 is 0 Å². The highest BCUT2D eigenvalue weighted by Crippen LogP contribution is 2.32. The maximum Gasteiger partial charge on any atom is 0.224 e. The minimum absolute atomic E-state index is 0.0284. The Kier molecular flexibility index (Phi) is 4.20. The topological polar surface area (TPSA) is 58.6 Å². The first-order valence-corrected chi connectivity index (χ1v) is 6.38. The van der Waals surface area contributed by atoms with E-state index in [1.165, 1.54) is 0 Å². The Hall–Kier alpha value is -1.55. The molecule has 1 fully saturated rings. The molecule has 0 aliphatic heterocycles. The lowest BCUT2D eigenvalue weighted by atomic mass is 9.80. The van der Waals surface area contributed by atoms with Crippen molar-refractivity contribution in [3.05, 3.63) is 24.3 Å². The van der Waals surface area contributed by atoms with Crippen LogP contribution in [-0.2, 0) is 9.53 Å². The fourth-order valence-electron chi connectivity index (χ4n) is 2.23. The molecule has 0 spiro atoms. The van der Waals surface area contributed by atoms with Gasteiger partial charge in [-0.2, -0.15) is 0 Å². The summed E-state index contributed by atoms with van der Waals surface area (Å²) < 4.78 is 5.46. The molecular weight excluding hydrogens is 230 g/mol. The van der Waals surface area contributed by atoms with E-state index in [0.29, 0.717) is 18.4 Å². The minimum Gasteiger partial charge on any atom is -0.508 e. The second-order valence-corrected chi connectivity index (χ2v) is 4.71. The number of anilines is 1. The van der Waals surface area contributed by atoms with Crippen molar-refractivity contribution in [3.63, 3.8) is 0 Å². The summed E-state index contributed by atoms with van der Waals surface area (Å²) in [5.74, 6) is 0.672. The molecule has 1 saturated carbocycles. The molecule has 1 aromatic carbocycles. The molecule has 1 aromatic rings. The molecular formula is C14H19NO3. The molecule has 0 bridgehead atoms. The lowest BCUT2D eigenvalue weighted by Gasteiger charge is -2.34. The standard InChI is InChI=1S/C14H19NO3/c1-2-18-13-7-10(8-13)9-14(17)15-11-3-5-12(16)6-4-11/h3-6,10,13,16H,2,7-9H2,1H3,(H,15,17). The van der Waals surface area contributed by atoms with Gasteiger partial charge in [0.05, 0.1) is 6.10 Å². The lowest BCUT2D eigenvalue weighted by Crippen LogP contribution is -2.33. The zero-order chi connectivity index (χ0) is 13.0. The normalized spacial score (nSPS) is 22.3. The summed E-state index contributed by atoms with van der Waals surface area (Å²) in [6, 6.07) is 6.50. The van der Waals surface area contributed by atoms with E-state index in [9.17, 15) is 4.79 Å². The molecule has 1 amide bonds. The molecule has 0 saturated heterocycles. The van der Waals surface area contributed by atoms with Gasteiger partial charge in [0.15, 0.2) is 0 Å². The van der Waals surface area contributed by atoms with E-state index in [2.05, 4.69) is 5.32 Å². The molecule has 98 valence electrons. The van der Waals surface area contributed by atoms with Gasteiger partial charge in [-0.25, -0.2) is 0 Å². The molecule has 2 rings (SSSR count). The monoisotopic (exact) mass is 249 g/mol. The molecule has 0 atom stereocenters. The SMILES string of the molecule is CCOC1CC(CC(=O)Nc2ccc(O)cc2)C1. The Balaban J connectivity index is 1.72. The van der Waals surface area contributed by atoms with Crippen molar-refractivity contribution in [1.82, 2.24) is 0 Å². The van der Waals surface area contributed by atoms with Gasteiger partial charge in [0.1, 0.15) is 5.75 Å². The highest BCUT2D eigenvalue weighted by Gasteiger charge is 2.30. The van der Waals surface area contributed by atoms with Crippen molar-refractivity contribution in [2.75, 3.05) is 11.9 Å². The Morgan fingerprint density at radius 2 is 2.06 bits per heavy atom. The van der Waals surface area contributed by atoms with Gasteiger partial charge in [0.2, 0.25) is 5.91 Å². The van der Waals surface area contributed by atoms with Crippen LogP contribution < -0.4 is 5.32 Å². The summed E-state index contributed by atoms with van der Waals surface area (Å²) in [7, 11) is 0. The average molecular weight is 249 g/mol. The van der Waals surface area contributed by atoms with E-state index in [-0.39, 0.29) is 11.7 Å². The van der Waals surface area contributed by atoms with Crippen LogP contribution in [0.15, 0.2) is 24.3 Å². The third kappa shape index (κ3) is 3.47. The van der Waals surface area contributed by atoms with Crippen molar-refractivity contribution in [2.24, 2.45) is 5.92 Å². The minimum atomic E-state index is 0.0284. The van der Waals surface area contributed by atoms with Crippen LogP contribution in [0.1, 0.15) is 26.2 Å². The van der Waals surface area contributed by atoms with Crippen molar-refractivity contribution in [2.45, 2.75) is 32.3 Å². The molecule has 0 radical (unpaired) electrons. The Morgan fingerprint density at radius 3 is 2.67 bits per heavy atom. The van der Waals surface area contributed by atoms with Gasteiger partial charge in [0, 0.05) is 18.7 Å². The zero-order valence-corrected chi connectivity index (χ0v) is 10.6. The Morgan fingerprint density at radius 1 is 1.39 bits per heavy atom. The van der Waals surface area contributed by atoms with E-state index >= 15 is 0 Å². The van der Waals surface area contributed by atoms with Crippen LogP contribution in [0.2, 0.25) is 0 Å². The number of carbonyl (C=O) groups is 1. The summed E-state index contributed by atoms with van der Waals surface area (Å²) in [6.07, 6.45) is 2.86. The van der Waals surface area contributed by atoms with Crippen LogP contribution in [-0.4, -0.2) is 23.7 Å². The molecule has 4 nitrogen and oxygen atoms in total. The number of amides is 1. The number of hydrogen-bond acceptors (Lipinski definition) is 3. The molecule has 0 aromatic heterocycles. The fourth-order valence-corrected chi connectivity index (χ4v) is 2.23. The second-order valence-electron chi connectivity index (χ2n) is 4.71. The number of benzene rings is 1. The smallest absolute Gasteiger partial charge is 0.224 e. The third-order valence-corrected chi connectivity index (χ3v) is 3.22. The van der Waals surface area contributed by atoms with E-state index in [0.717, 1.165) is 25.1 Å². The van der Waals surface area contributed by atoms with Crippen molar-refractivity contribution >= 4 is 11.6 Å². The quantitative estimate of drug-likeness (QED) is 0.788. The molecule has 0 unspecified atom stereocenters. The van der Waals surface area contributed by atoms with Crippen LogP contribution in [0.3, 0.4) is 0 Å². The fraction of sp³-hybridized carbons (Fsp3) is 0.500. The van der Waals surface area contributed by atoms with Crippen LogP contribution in [0.25, 0.3) is 0 Å². The zero-order valence-electron chi connectivity index (χ0n) is 10.6. The number of carbonyl (C=O) groups excluding carboxylic acids is 1. The van der Waals surface area contributed by atoms with Gasteiger partial charge in [-0.05, 0) is 49.9 Å². The first-order valence-electron chi connectivity index (χ1n) is 6.38. The molecule has 4 heteroatoms. The summed E-state index contributed by atoms with van der Waals surface area (Å²) in [6.45, 7) is 2.74. The van der Waals surface area contributed by atoms with Crippen molar-refractivity contribution in [1.29, 1.82) is 0 Å². The van der Waals surface area contributed by atoms with Gasteiger partial charge in [-0.3, -0.25) is 4.79 Å². The number of rotatable bonds is 5. The maximum atomic E-state index is 11.8. The molecule has 18 heavy (non-hydrogen) atoms. The summed E-state index contributed by atoms with van der Waals surface area (Å²) in [5.41, 5.74) is 0.721. The Labute approximate surface area is 107 Å². The number of phenols is 1. The number of ether oxygens (including phenoxy) is 1. The summed E-state index contributed by atoms with van der Waals surface area (Å²) in [4.78, 5) is 11.8. The summed E-state index contributed by atoms with van der Waals surface area (Å²) in [5, 5.41) is 12.0. The molecule has 0 heterocycles. The second kappa shape index (κ2) is 5.87. The Bertz CT molecular complexity index is 396. The predicted molar refractivity (Wildman–Crippen MR) is 69.5 cm³/mol. The highest BCUT2D eigenvalue weighted by atomic mass is 16.5. The average Bonchev–Trinajstić information content (AvgIpc) is 2.29. The van der Waals surface area contributed by atoms with E-state index in [4.69, 9.17) is 9.84 Å². The van der Waals surface area contributed by atoms with Crippen LogP contribution in [0.5, 0.6) is 5.75 Å². The van der Waals surface area contributed by atoms with Gasteiger partial charge >= 0.3 is 0 Å². The van der Waals surface area contributed by atoms with Gasteiger partial charge in [0.25, 0.3) is 0 Å². The first kappa shape index (κ1) is 12.9. The lowest BCUT2D eigenvalue weighted by molar-refractivity contribution is -0.119. The number of hydrogen-bond donors (Lipinski definition) is 2. The largest absolute Gasteiger partial charge is 0.508 e. The van der Waals surface area contributed by atoms with E-state index in [1.54, 1.807) is 24.3 Å². The predicted octanol–water partition coefficient (Wildman–Crippen LogP) is 2.54. The summed E-state index contributed by atoms with van der Waals surface area (Å²) >= 11 is 0. The van der Waals surface area contributed by atoms with Crippen molar-refractivity contribution < 1.29 is 14.6 Å². The van der Waals surface area contributed by atoms with Crippen LogP contribution in [0.4, 0.5) is 5.69 Å². The molecule has 1 aliphatic carbocycles. The van der Waals surface area contributed by atoms with Gasteiger partial charge < -0.3 is 15.2 Å².